The lowest BCUT2D eigenvalue weighted by atomic mass is 9.98. The van der Waals surface area contributed by atoms with Gasteiger partial charge in [0.05, 0.1) is 5.56 Å². The number of pyridine rings is 1. The van der Waals surface area contributed by atoms with E-state index in [0.29, 0.717) is 18.4 Å². The highest BCUT2D eigenvalue weighted by Gasteiger charge is 2.30. The number of hydrogen-bond acceptors (Lipinski definition) is 2. The first-order valence-electron chi connectivity index (χ1n) is 5.58. The van der Waals surface area contributed by atoms with Crippen molar-refractivity contribution in [2.75, 3.05) is 11.9 Å². The van der Waals surface area contributed by atoms with Gasteiger partial charge in [0, 0.05) is 12.7 Å². The number of nitrogens with zero attached hydrogens (tertiary/aromatic N) is 1. The Labute approximate surface area is 99.3 Å². The normalized spacial score (nSPS) is 13.8. The Kier molecular flexibility index (Phi) is 4.37. The van der Waals surface area contributed by atoms with E-state index in [0.717, 1.165) is 12.1 Å². The highest BCUT2D eigenvalue weighted by atomic mass is 19.4. The molecule has 0 radical (unpaired) electrons. The van der Waals surface area contributed by atoms with Gasteiger partial charge in [0.25, 0.3) is 0 Å². The molecular formula is C12H17F3N2. The molecule has 0 amide bonds. The summed E-state index contributed by atoms with van der Waals surface area (Å²) in [5.41, 5.74) is -0.674. The molecule has 2 nitrogen and oxygen atoms in total. The standard InChI is InChI=1S/C12H17F3N2/c1-8(2)9(3)7-17-11-6-10(4-5-16-11)12(13,14)15/h4-6,8-9H,7H2,1-3H3,(H,16,17). The van der Waals surface area contributed by atoms with E-state index in [-0.39, 0.29) is 5.82 Å². The molecule has 1 rings (SSSR count). The van der Waals surface area contributed by atoms with Crippen LogP contribution in [0.4, 0.5) is 19.0 Å². The minimum Gasteiger partial charge on any atom is -0.370 e. The Morgan fingerprint density at radius 2 is 1.94 bits per heavy atom. The number of hydrogen-bond donors (Lipinski definition) is 1. The molecule has 1 N–H and O–H groups in total. The summed E-state index contributed by atoms with van der Waals surface area (Å²) in [7, 11) is 0. The fourth-order valence-electron chi connectivity index (χ4n) is 1.20. The lowest BCUT2D eigenvalue weighted by molar-refractivity contribution is -0.137. The van der Waals surface area contributed by atoms with Crippen LogP contribution in [0.3, 0.4) is 0 Å². The fraction of sp³-hybridized carbons (Fsp3) is 0.583. The molecule has 0 aliphatic carbocycles. The van der Waals surface area contributed by atoms with Gasteiger partial charge < -0.3 is 5.32 Å². The highest BCUT2D eigenvalue weighted by molar-refractivity contribution is 5.38. The van der Waals surface area contributed by atoms with Gasteiger partial charge in [-0.1, -0.05) is 20.8 Å². The van der Waals surface area contributed by atoms with E-state index in [1.165, 1.54) is 6.20 Å². The summed E-state index contributed by atoms with van der Waals surface area (Å²) >= 11 is 0. The number of rotatable bonds is 4. The van der Waals surface area contributed by atoms with Crippen LogP contribution in [0.5, 0.6) is 0 Å². The fourth-order valence-corrected chi connectivity index (χ4v) is 1.20. The van der Waals surface area contributed by atoms with Crippen LogP contribution in [-0.2, 0) is 6.18 Å². The molecule has 0 bridgehead atoms. The SMILES string of the molecule is CC(C)C(C)CNc1cc(C(F)(F)F)ccn1. The molecule has 1 aromatic heterocycles. The Morgan fingerprint density at radius 1 is 1.29 bits per heavy atom. The minimum atomic E-state index is -4.32. The largest absolute Gasteiger partial charge is 0.416 e. The van der Waals surface area contributed by atoms with E-state index in [1.54, 1.807) is 0 Å². The van der Waals surface area contributed by atoms with Crippen molar-refractivity contribution in [2.24, 2.45) is 11.8 Å². The summed E-state index contributed by atoms with van der Waals surface area (Å²) in [4.78, 5) is 3.87. The van der Waals surface area contributed by atoms with Crippen molar-refractivity contribution in [2.45, 2.75) is 26.9 Å². The molecule has 17 heavy (non-hydrogen) atoms. The van der Waals surface area contributed by atoms with Crippen LogP contribution >= 0.6 is 0 Å². The Morgan fingerprint density at radius 3 is 2.47 bits per heavy atom. The van der Waals surface area contributed by atoms with Crippen molar-refractivity contribution in [3.8, 4) is 0 Å². The molecule has 1 unspecified atom stereocenters. The molecule has 5 heteroatoms. The molecule has 0 saturated heterocycles. The second kappa shape index (κ2) is 5.38. The third-order valence-electron chi connectivity index (χ3n) is 2.83. The quantitative estimate of drug-likeness (QED) is 0.874. The number of halogens is 3. The van der Waals surface area contributed by atoms with Crippen molar-refractivity contribution < 1.29 is 13.2 Å². The zero-order valence-corrected chi connectivity index (χ0v) is 10.2. The van der Waals surface area contributed by atoms with Gasteiger partial charge in [0.15, 0.2) is 0 Å². The van der Waals surface area contributed by atoms with Crippen molar-refractivity contribution in [1.82, 2.24) is 4.98 Å². The number of nitrogens with one attached hydrogen (secondary N) is 1. The van der Waals surface area contributed by atoms with E-state index < -0.39 is 11.7 Å². The first kappa shape index (κ1) is 13.8. The second-order valence-electron chi connectivity index (χ2n) is 4.53. The van der Waals surface area contributed by atoms with E-state index in [2.05, 4.69) is 24.1 Å². The summed E-state index contributed by atoms with van der Waals surface area (Å²) in [6.45, 7) is 6.81. The third kappa shape index (κ3) is 4.24. The van der Waals surface area contributed by atoms with Gasteiger partial charge in [0.1, 0.15) is 5.82 Å². The first-order valence-corrected chi connectivity index (χ1v) is 5.58. The van der Waals surface area contributed by atoms with Gasteiger partial charge in [-0.05, 0) is 24.0 Å². The maximum absolute atomic E-state index is 12.4. The molecule has 0 saturated carbocycles. The van der Waals surface area contributed by atoms with E-state index in [4.69, 9.17) is 0 Å². The monoisotopic (exact) mass is 246 g/mol. The molecule has 0 spiro atoms. The predicted molar refractivity (Wildman–Crippen MR) is 61.7 cm³/mol. The second-order valence-corrected chi connectivity index (χ2v) is 4.53. The van der Waals surface area contributed by atoms with Gasteiger partial charge in [-0.15, -0.1) is 0 Å². The highest BCUT2D eigenvalue weighted by Crippen LogP contribution is 2.29. The molecule has 1 aromatic rings. The number of aromatic nitrogens is 1. The molecular weight excluding hydrogens is 229 g/mol. The number of alkyl halides is 3. The van der Waals surface area contributed by atoms with Gasteiger partial charge in [-0.25, -0.2) is 4.98 Å². The average Bonchev–Trinajstić information content (AvgIpc) is 2.25. The summed E-state index contributed by atoms with van der Waals surface area (Å²) < 4.78 is 37.3. The van der Waals surface area contributed by atoms with E-state index in [9.17, 15) is 13.2 Å². The predicted octanol–water partition coefficient (Wildman–Crippen LogP) is 3.80. The zero-order valence-electron chi connectivity index (χ0n) is 10.2. The third-order valence-corrected chi connectivity index (χ3v) is 2.83. The molecule has 0 aliphatic rings. The van der Waals surface area contributed by atoms with Gasteiger partial charge >= 0.3 is 6.18 Å². The zero-order chi connectivity index (χ0) is 13.1. The van der Waals surface area contributed by atoms with Gasteiger partial charge in [-0.2, -0.15) is 13.2 Å². The van der Waals surface area contributed by atoms with Crippen LogP contribution in [0, 0.1) is 11.8 Å². The lowest BCUT2D eigenvalue weighted by Gasteiger charge is -2.17. The van der Waals surface area contributed by atoms with Crippen LogP contribution in [0.15, 0.2) is 18.3 Å². The van der Waals surface area contributed by atoms with Crippen molar-refractivity contribution in [1.29, 1.82) is 0 Å². The van der Waals surface area contributed by atoms with Crippen LogP contribution in [0.1, 0.15) is 26.3 Å². The van der Waals surface area contributed by atoms with Crippen LogP contribution in [0.2, 0.25) is 0 Å². The maximum Gasteiger partial charge on any atom is 0.416 e. The summed E-state index contributed by atoms with van der Waals surface area (Å²) in [5, 5.41) is 2.93. The van der Waals surface area contributed by atoms with Crippen molar-refractivity contribution >= 4 is 5.82 Å². The smallest absolute Gasteiger partial charge is 0.370 e. The van der Waals surface area contributed by atoms with Gasteiger partial charge in [0.2, 0.25) is 0 Å². The summed E-state index contributed by atoms with van der Waals surface area (Å²) in [5.74, 6) is 1.13. The van der Waals surface area contributed by atoms with Crippen molar-refractivity contribution in [3.05, 3.63) is 23.9 Å². The molecule has 96 valence electrons. The topological polar surface area (TPSA) is 24.9 Å². The maximum atomic E-state index is 12.4. The molecule has 0 aromatic carbocycles. The Bertz CT molecular complexity index is 361. The van der Waals surface area contributed by atoms with Crippen LogP contribution < -0.4 is 5.32 Å². The van der Waals surface area contributed by atoms with E-state index >= 15 is 0 Å². The first-order chi connectivity index (χ1) is 7.80. The minimum absolute atomic E-state index is 0.271. The Hall–Kier alpha value is -1.26. The summed E-state index contributed by atoms with van der Waals surface area (Å²) in [6, 6.07) is 2.00. The summed E-state index contributed by atoms with van der Waals surface area (Å²) in [6.07, 6.45) is -3.14. The molecule has 0 aliphatic heterocycles. The average molecular weight is 246 g/mol. The van der Waals surface area contributed by atoms with Crippen LogP contribution in [-0.4, -0.2) is 11.5 Å². The van der Waals surface area contributed by atoms with Crippen molar-refractivity contribution in [3.63, 3.8) is 0 Å². The number of anilines is 1. The molecule has 0 fully saturated rings. The van der Waals surface area contributed by atoms with E-state index in [1.807, 2.05) is 6.92 Å². The lowest BCUT2D eigenvalue weighted by Crippen LogP contribution is -2.17. The molecule has 1 heterocycles. The Balaban J connectivity index is 2.67. The van der Waals surface area contributed by atoms with Gasteiger partial charge in [-0.3, -0.25) is 0 Å². The molecule has 1 atom stereocenters. The van der Waals surface area contributed by atoms with Crippen LogP contribution in [0.25, 0.3) is 0 Å².